The Morgan fingerprint density at radius 2 is 1.50 bits per heavy atom. The van der Waals surface area contributed by atoms with Gasteiger partial charge in [0.25, 0.3) is 0 Å². The van der Waals surface area contributed by atoms with Gasteiger partial charge >= 0.3 is 0 Å². The maximum atomic E-state index is 12.1. The van der Waals surface area contributed by atoms with Crippen LogP contribution < -0.4 is 19.9 Å². The molecule has 140 valence electrons. The van der Waals surface area contributed by atoms with E-state index in [1.54, 1.807) is 0 Å². The molecule has 0 bridgehead atoms. The van der Waals surface area contributed by atoms with Crippen molar-refractivity contribution in [1.29, 1.82) is 0 Å². The van der Waals surface area contributed by atoms with Crippen LogP contribution in [0.25, 0.3) is 0 Å². The molecule has 2 aromatic rings. The molecule has 0 heterocycles. The molecule has 4 N–H and O–H groups in total. The van der Waals surface area contributed by atoms with E-state index in [1.807, 2.05) is 0 Å². The van der Waals surface area contributed by atoms with Crippen molar-refractivity contribution >= 4 is 31.6 Å². The van der Waals surface area contributed by atoms with Gasteiger partial charge < -0.3 is 10.1 Å². The zero-order valence-corrected chi connectivity index (χ0v) is 15.3. The normalized spacial score (nSPS) is 11.8. The van der Waals surface area contributed by atoms with Gasteiger partial charge in [-0.2, -0.15) is 0 Å². The molecule has 0 aliphatic heterocycles. The minimum Gasteiger partial charge on any atom is -0.497 e. The fourth-order valence-corrected chi connectivity index (χ4v) is 3.43. The summed E-state index contributed by atoms with van der Waals surface area (Å²) in [5, 5.41) is 7.42. The highest BCUT2D eigenvalue weighted by Gasteiger charge is 2.16. The highest BCUT2D eigenvalue weighted by Crippen LogP contribution is 2.15. The molecule has 1 amide bonds. The lowest BCUT2D eigenvalue weighted by molar-refractivity contribution is -0.115. The Bertz CT molecular complexity index is 985. The summed E-state index contributed by atoms with van der Waals surface area (Å²) >= 11 is 0. The molecule has 0 aliphatic rings. The first-order chi connectivity index (χ1) is 12.1. The van der Waals surface area contributed by atoms with Gasteiger partial charge in [0, 0.05) is 5.69 Å². The second kappa shape index (κ2) is 7.83. The Labute approximate surface area is 151 Å². The summed E-state index contributed by atoms with van der Waals surface area (Å²) < 4.78 is 53.7. The molecule has 0 spiro atoms. The standard InChI is InChI=1S/C15H17N3O6S2/c1-24-12-4-8-14(9-5-12)26(22,23)17-10-15(19)18-11-2-6-13(7-3-11)25(16,20)21/h2-9,17H,10H2,1H3,(H,18,19)(H2,16,20,21). The lowest BCUT2D eigenvalue weighted by Crippen LogP contribution is -2.32. The Balaban J connectivity index is 1.97. The van der Waals surface area contributed by atoms with Gasteiger partial charge in [-0.1, -0.05) is 0 Å². The van der Waals surface area contributed by atoms with E-state index in [0.717, 1.165) is 0 Å². The van der Waals surface area contributed by atoms with Gasteiger partial charge in [-0.15, -0.1) is 0 Å². The number of rotatable bonds is 7. The van der Waals surface area contributed by atoms with Crippen molar-refractivity contribution in [2.24, 2.45) is 5.14 Å². The number of hydrogen-bond acceptors (Lipinski definition) is 6. The summed E-state index contributed by atoms with van der Waals surface area (Å²) in [5.74, 6) is -0.116. The fraction of sp³-hybridized carbons (Fsp3) is 0.133. The molecule has 0 fully saturated rings. The average molecular weight is 399 g/mol. The highest BCUT2D eigenvalue weighted by atomic mass is 32.2. The minimum absolute atomic E-state index is 0.0106. The average Bonchev–Trinajstić information content (AvgIpc) is 2.60. The number of carbonyl (C=O) groups excluding carboxylic acids is 1. The number of hydrogen-bond donors (Lipinski definition) is 3. The third-order valence-corrected chi connectivity index (χ3v) is 5.61. The molecule has 0 aromatic heterocycles. The molecule has 0 unspecified atom stereocenters. The fourth-order valence-electron chi connectivity index (χ4n) is 1.93. The predicted molar refractivity (Wildman–Crippen MR) is 94.6 cm³/mol. The summed E-state index contributed by atoms with van der Waals surface area (Å²) in [7, 11) is -6.23. The number of primary sulfonamides is 1. The van der Waals surface area contributed by atoms with Gasteiger partial charge in [0.15, 0.2) is 0 Å². The molecule has 2 aromatic carbocycles. The van der Waals surface area contributed by atoms with Crippen molar-refractivity contribution in [1.82, 2.24) is 4.72 Å². The first-order valence-electron chi connectivity index (χ1n) is 7.18. The van der Waals surface area contributed by atoms with E-state index >= 15 is 0 Å². The molecule has 0 radical (unpaired) electrons. The van der Waals surface area contributed by atoms with Crippen LogP contribution in [-0.4, -0.2) is 36.4 Å². The highest BCUT2D eigenvalue weighted by molar-refractivity contribution is 7.89. The Hall–Kier alpha value is -2.47. The second-order valence-corrected chi connectivity index (χ2v) is 8.45. The van der Waals surface area contributed by atoms with Crippen molar-refractivity contribution in [2.45, 2.75) is 9.79 Å². The molecular weight excluding hydrogens is 382 g/mol. The van der Waals surface area contributed by atoms with E-state index in [2.05, 4.69) is 10.0 Å². The minimum atomic E-state index is -3.86. The third kappa shape index (κ3) is 5.26. The van der Waals surface area contributed by atoms with Crippen LogP contribution in [-0.2, 0) is 24.8 Å². The molecule has 2 rings (SSSR count). The quantitative estimate of drug-likeness (QED) is 0.609. The van der Waals surface area contributed by atoms with Crippen LogP contribution in [0.3, 0.4) is 0 Å². The second-order valence-electron chi connectivity index (χ2n) is 5.12. The lowest BCUT2D eigenvalue weighted by Gasteiger charge is -2.09. The molecule has 0 saturated carbocycles. The van der Waals surface area contributed by atoms with E-state index in [1.165, 1.54) is 55.6 Å². The van der Waals surface area contributed by atoms with Crippen LogP contribution in [0.4, 0.5) is 5.69 Å². The number of carbonyl (C=O) groups is 1. The van der Waals surface area contributed by atoms with E-state index in [0.29, 0.717) is 11.4 Å². The number of nitrogens with one attached hydrogen (secondary N) is 2. The number of nitrogens with two attached hydrogens (primary N) is 1. The van der Waals surface area contributed by atoms with Crippen LogP contribution in [0.2, 0.25) is 0 Å². The summed E-state index contributed by atoms with van der Waals surface area (Å²) in [5.41, 5.74) is 0.297. The van der Waals surface area contributed by atoms with Crippen molar-refractivity contribution < 1.29 is 26.4 Å². The lowest BCUT2D eigenvalue weighted by atomic mass is 10.3. The summed E-state index contributed by atoms with van der Waals surface area (Å²) in [6, 6.07) is 10.8. The molecule has 0 aliphatic carbocycles. The number of amides is 1. The number of sulfonamides is 2. The first-order valence-corrected chi connectivity index (χ1v) is 10.2. The van der Waals surface area contributed by atoms with Crippen molar-refractivity contribution in [3.05, 3.63) is 48.5 Å². The largest absolute Gasteiger partial charge is 0.497 e. The molecular formula is C15H17N3O6S2. The number of benzene rings is 2. The van der Waals surface area contributed by atoms with Crippen molar-refractivity contribution in [3.63, 3.8) is 0 Å². The van der Waals surface area contributed by atoms with E-state index in [-0.39, 0.29) is 9.79 Å². The molecule has 26 heavy (non-hydrogen) atoms. The van der Waals surface area contributed by atoms with Crippen LogP contribution in [0.5, 0.6) is 5.75 Å². The SMILES string of the molecule is COc1ccc(S(=O)(=O)NCC(=O)Nc2ccc(S(N)(=O)=O)cc2)cc1. The van der Waals surface area contributed by atoms with E-state index in [9.17, 15) is 21.6 Å². The number of methoxy groups -OCH3 is 1. The van der Waals surface area contributed by atoms with Crippen LogP contribution in [0.1, 0.15) is 0 Å². The predicted octanol–water partition coefficient (Wildman–Crippen LogP) is 0.260. The third-order valence-electron chi connectivity index (χ3n) is 3.26. The van der Waals surface area contributed by atoms with E-state index in [4.69, 9.17) is 9.88 Å². The first kappa shape index (κ1) is 19.8. The van der Waals surface area contributed by atoms with Gasteiger partial charge in [0.2, 0.25) is 26.0 Å². The zero-order chi connectivity index (χ0) is 19.4. The molecule has 9 nitrogen and oxygen atoms in total. The summed E-state index contributed by atoms with van der Waals surface area (Å²) in [4.78, 5) is 11.8. The van der Waals surface area contributed by atoms with Gasteiger partial charge in [-0.05, 0) is 48.5 Å². The van der Waals surface area contributed by atoms with Gasteiger partial charge in [-0.3, -0.25) is 4.79 Å². The maximum Gasteiger partial charge on any atom is 0.241 e. The summed E-state index contributed by atoms with van der Waals surface area (Å²) in [6.45, 7) is -0.495. The van der Waals surface area contributed by atoms with Crippen LogP contribution in [0, 0.1) is 0 Å². The molecule has 0 atom stereocenters. The number of anilines is 1. The van der Waals surface area contributed by atoms with Gasteiger partial charge in [-0.25, -0.2) is 26.7 Å². The maximum absolute atomic E-state index is 12.1. The zero-order valence-electron chi connectivity index (χ0n) is 13.7. The molecule has 0 saturated heterocycles. The van der Waals surface area contributed by atoms with E-state index < -0.39 is 32.5 Å². The van der Waals surface area contributed by atoms with Crippen molar-refractivity contribution in [2.75, 3.05) is 19.0 Å². The van der Waals surface area contributed by atoms with Crippen LogP contribution in [0.15, 0.2) is 58.3 Å². The van der Waals surface area contributed by atoms with Gasteiger partial charge in [0.1, 0.15) is 5.75 Å². The Morgan fingerprint density at radius 3 is 2.00 bits per heavy atom. The van der Waals surface area contributed by atoms with Gasteiger partial charge in [0.05, 0.1) is 23.4 Å². The Kier molecular flexibility index (Phi) is 5.97. The Morgan fingerprint density at radius 1 is 0.962 bits per heavy atom. The monoisotopic (exact) mass is 399 g/mol. The van der Waals surface area contributed by atoms with Crippen molar-refractivity contribution in [3.8, 4) is 5.75 Å². The topological polar surface area (TPSA) is 145 Å². The molecule has 11 heteroatoms. The summed E-state index contributed by atoms with van der Waals surface area (Å²) in [6.07, 6.45) is 0. The van der Waals surface area contributed by atoms with Crippen LogP contribution >= 0.6 is 0 Å². The smallest absolute Gasteiger partial charge is 0.241 e. The number of ether oxygens (including phenoxy) is 1.